The van der Waals surface area contributed by atoms with Crippen LogP contribution in [0.2, 0.25) is 0 Å². The number of hydrogen-bond donors (Lipinski definition) is 1. The zero-order chi connectivity index (χ0) is 23.0. The fraction of sp³-hybridized carbons (Fsp3) is 0.375. The Morgan fingerprint density at radius 1 is 0.969 bits per heavy atom. The molecule has 2 amide bonds. The zero-order valence-electron chi connectivity index (χ0n) is 18.8. The molecule has 1 N–H and O–H groups in total. The van der Waals surface area contributed by atoms with Gasteiger partial charge >= 0.3 is 6.03 Å². The molecule has 0 aliphatic carbocycles. The van der Waals surface area contributed by atoms with Crippen molar-refractivity contribution in [2.45, 2.75) is 18.7 Å². The molecule has 1 fully saturated rings. The highest BCUT2D eigenvalue weighted by Gasteiger charge is 2.28. The summed E-state index contributed by atoms with van der Waals surface area (Å²) in [6.45, 7) is 8.15. The van der Waals surface area contributed by atoms with Gasteiger partial charge in [0.15, 0.2) is 0 Å². The van der Waals surface area contributed by atoms with Gasteiger partial charge in [0, 0.05) is 51.5 Å². The molecule has 8 heteroatoms. The molecule has 172 valence electrons. The van der Waals surface area contributed by atoms with E-state index >= 15 is 0 Å². The molecule has 7 nitrogen and oxygen atoms in total. The summed E-state index contributed by atoms with van der Waals surface area (Å²) >= 11 is 0. The number of amides is 2. The molecule has 0 aromatic heterocycles. The second kappa shape index (κ2) is 11.3. The summed E-state index contributed by atoms with van der Waals surface area (Å²) in [5.41, 5.74) is 1.74. The van der Waals surface area contributed by atoms with Crippen LogP contribution in [0.1, 0.15) is 19.4 Å². The summed E-state index contributed by atoms with van der Waals surface area (Å²) in [7, 11) is -3.55. The third-order valence-electron chi connectivity index (χ3n) is 5.60. The van der Waals surface area contributed by atoms with E-state index in [1.165, 1.54) is 4.31 Å². The summed E-state index contributed by atoms with van der Waals surface area (Å²) in [6, 6.07) is 16.3. The molecule has 1 aliphatic rings. The Kier molecular flexibility index (Phi) is 8.44. The lowest BCUT2D eigenvalue weighted by Gasteiger charge is -2.33. The number of carbonyl (C=O) groups is 1. The van der Waals surface area contributed by atoms with Gasteiger partial charge in [-0.1, -0.05) is 42.5 Å². The van der Waals surface area contributed by atoms with Crippen molar-refractivity contribution >= 4 is 27.8 Å². The molecular formula is C24H32N4O3S. The fourth-order valence-electron chi connectivity index (χ4n) is 3.63. The zero-order valence-corrected chi connectivity index (χ0v) is 19.6. The van der Waals surface area contributed by atoms with E-state index in [-0.39, 0.29) is 10.9 Å². The Hall–Kier alpha value is -2.68. The molecule has 1 aliphatic heterocycles. The summed E-state index contributed by atoms with van der Waals surface area (Å²) < 4.78 is 27.6. The molecule has 0 saturated carbocycles. The Labute approximate surface area is 191 Å². The number of nitrogens with zero attached hydrogens (tertiary/aromatic N) is 3. The Morgan fingerprint density at radius 3 is 2.19 bits per heavy atom. The van der Waals surface area contributed by atoms with Crippen molar-refractivity contribution in [2.75, 3.05) is 51.1 Å². The van der Waals surface area contributed by atoms with Crippen molar-refractivity contribution in [2.24, 2.45) is 0 Å². The van der Waals surface area contributed by atoms with Gasteiger partial charge in [0.25, 0.3) is 0 Å². The highest BCUT2D eigenvalue weighted by Crippen LogP contribution is 2.20. The van der Waals surface area contributed by atoms with Crippen LogP contribution < -0.4 is 5.32 Å². The minimum Gasteiger partial charge on any atom is -0.325 e. The molecule has 1 saturated heterocycles. The van der Waals surface area contributed by atoms with Crippen molar-refractivity contribution in [3.05, 3.63) is 66.2 Å². The van der Waals surface area contributed by atoms with Crippen molar-refractivity contribution in [3.8, 4) is 0 Å². The maximum absolute atomic E-state index is 13.0. The predicted octanol–water partition coefficient (Wildman–Crippen LogP) is 3.58. The van der Waals surface area contributed by atoms with Crippen LogP contribution >= 0.6 is 0 Å². The van der Waals surface area contributed by atoms with E-state index in [0.29, 0.717) is 45.0 Å². The highest BCUT2D eigenvalue weighted by atomic mass is 32.2. The maximum atomic E-state index is 13.0. The fourth-order valence-corrected chi connectivity index (χ4v) is 5.05. The van der Waals surface area contributed by atoms with E-state index in [9.17, 15) is 13.2 Å². The van der Waals surface area contributed by atoms with E-state index in [2.05, 4.69) is 34.5 Å². The predicted molar refractivity (Wildman–Crippen MR) is 129 cm³/mol. The van der Waals surface area contributed by atoms with Crippen LogP contribution in [0.3, 0.4) is 0 Å². The summed E-state index contributed by atoms with van der Waals surface area (Å²) in [6.07, 6.45) is 4.20. The SMILES string of the molecule is CCN(CC)C(=O)Nc1ccc(S(=O)(=O)N2CCN(C/C=C/c3ccccc3)CC2)cc1. The van der Waals surface area contributed by atoms with Crippen LogP contribution in [-0.4, -0.2) is 74.4 Å². The number of sulfonamides is 1. The third-order valence-corrected chi connectivity index (χ3v) is 7.51. The Morgan fingerprint density at radius 2 is 1.59 bits per heavy atom. The molecule has 0 bridgehead atoms. The first-order valence-corrected chi connectivity index (χ1v) is 12.5. The number of nitrogens with one attached hydrogen (secondary N) is 1. The van der Waals surface area contributed by atoms with Gasteiger partial charge in [-0.2, -0.15) is 4.31 Å². The monoisotopic (exact) mass is 456 g/mol. The molecule has 1 heterocycles. The van der Waals surface area contributed by atoms with Gasteiger partial charge in [-0.25, -0.2) is 13.2 Å². The van der Waals surface area contributed by atoms with Crippen LogP contribution in [0.5, 0.6) is 0 Å². The molecule has 0 radical (unpaired) electrons. The number of hydrogen-bond acceptors (Lipinski definition) is 4. The van der Waals surface area contributed by atoms with Gasteiger partial charge in [-0.15, -0.1) is 0 Å². The van der Waals surface area contributed by atoms with Crippen LogP contribution in [0, 0.1) is 0 Å². The second-order valence-electron chi connectivity index (χ2n) is 7.64. The molecule has 0 spiro atoms. The summed E-state index contributed by atoms with van der Waals surface area (Å²) in [5, 5.41) is 2.80. The number of benzene rings is 2. The van der Waals surface area contributed by atoms with Crippen molar-refractivity contribution in [1.29, 1.82) is 0 Å². The lowest BCUT2D eigenvalue weighted by Crippen LogP contribution is -2.48. The standard InChI is InChI=1S/C24H32N4O3S/c1-3-27(4-2)24(29)25-22-12-14-23(15-13-22)32(30,31)28-19-17-26(18-20-28)16-8-11-21-9-6-5-7-10-21/h5-15H,3-4,16-20H2,1-2H3,(H,25,29)/b11-8+. The first kappa shape index (κ1) is 24.0. The molecule has 3 rings (SSSR count). The summed E-state index contributed by atoms with van der Waals surface area (Å²) in [4.78, 5) is 16.3. The van der Waals surface area contributed by atoms with Crippen LogP contribution in [0.15, 0.2) is 65.6 Å². The van der Waals surface area contributed by atoms with Crippen LogP contribution in [0.4, 0.5) is 10.5 Å². The van der Waals surface area contributed by atoms with Crippen LogP contribution in [-0.2, 0) is 10.0 Å². The largest absolute Gasteiger partial charge is 0.325 e. The molecular weight excluding hydrogens is 424 g/mol. The lowest BCUT2D eigenvalue weighted by molar-refractivity contribution is 0.204. The average molecular weight is 457 g/mol. The van der Waals surface area contributed by atoms with Crippen molar-refractivity contribution in [3.63, 3.8) is 0 Å². The third kappa shape index (κ3) is 6.18. The first-order valence-electron chi connectivity index (χ1n) is 11.0. The number of rotatable bonds is 8. The Balaban J connectivity index is 1.53. The van der Waals surface area contributed by atoms with E-state index in [1.54, 1.807) is 29.2 Å². The number of anilines is 1. The van der Waals surface area contributed by atoms with Gasteiger partial charge in [-0.3, -0.25) is 4.90 Å². The number of piperazine rings is 1. The first-order chi connectivity index (χ1) is 15.4. The molecule has 0 unspecified atom stereocenters. The van der Waals surface area contributed by atoms with Crippen LogP contribution in [0.25, 0.3) is 6.08 Å². The molecule has 32 heavy (non-hydrogen) atoms. The topological polar surface area (TPSA) is 73.0 Å². The maximum Gasteiger partial charge on any atom is 0.321 e. The van der Waals surface area contributed by atoms with Crippen molar-refractivity contribution < 1.29 is 13.2 Å². The van der Waals surface area contributed by atoms with Gasteiger partial charge in [0.05, 0.1) is 4.90 Å². The van der Waals surface area contributed by atoms with Crippen molar-refractivity contribution in [1.82, 2.24) is 14.1 Å². The van der Waals surface area contributed by atoms with Gasteiger partial charge in [0.1, 0.15) is 0 Å². The quantitative estimate of drug-likeness (QED) is 0.659. The Bertz CT molecular complexity index is 995. The molecule has 2 aromatic rings. The normalized spacial score (nSPS) is 15.7. The smallest absolute Gasteiger partial charge is 0.321 e. The van der Waals surface area contributed by atoms with Gasteiger partial charge < -0.3 is 10.2 Å². The lowest BCUT2D eigenvalue weighted by atomic mass is 10.2. The number of carbonyl (C=O) groups excluding carboxylic acids is 1. The number of urea groups is 1. The minimum absolute atomic E-state index is 0.192. The minimum atomic E-state index is -3.55. The van der Waals surface area contributed by atoms with Gasteiger partial charge in [0.2, 0.25) is 10.0 Å². The van der Waals surface area contributed by atoms with E-state index in [1.807, 2.05) is 32.0 Å². The second-order valence-corrected chi connectivity index (χ2v) is 9.58. The van der Waals surface area contributed by atoms with E-state index in [0.717, 1.165) is 12.1 Å². The van der Waals surface area contributed by atoms with Gasteiger partial charge in [-0.05, 0) is 43.7 Å². The molecule has 0 atom stereocenters. The molecule has 2 aromatic carbocycles. The highest BCUT2D eigenvalue weighted by molar-refractivity contribution is 7.89. The summed E-state index contributed by atoms with van der Waals surface area (Å²) in [5.74, 6) is 0. The average Bonchev–Trinajstić information content (AvgIpc) is 2.81. The van der Waals surface area contributed by atoms with E-state index < -0.39 is 10.0 Å². The van der Waals surface area contributed by atoms with E-state index in [4.69, 9.17) is 0 Å².